The van der Waals surface area contributed by atoms with E-state index in [4.69, 9.17) is 5.11 Å². The molecular weight excluding hydrogens is 192 g/mol. The van der Waals surface area contributed by atoms with Crippen molar-refractivity contribution in [1.82, 2.24) is 9.97 Å². The second-order valence-electron chi connectivity index (χ2n) is 3.46. The number of aliphatic carboxylic acids is 1. The molecule has 1 aromatic rings. The molecule has 82 valence electrons. The van der Waals surface area contributed by atoms with Crippen molar-refractivity contribution < 1.29 is 9.90 Å². The zero-order valence-corrected chi connectivity index (χ0v) is 8.94. The van der Waals surface area contributed by atoms with Gasteiger partial charge in [-0.1, -0.05) is 13.3 Å². The van der Waals surface area contributed by atoms with Crippen LogP contribution < -0.4 is 0 Å². The van der Waals surface area contributed by atoms with Gasteiger partial charge in [0.25, 0.3) is 0 Å². The topological polar surface area (TPSA) is 63.1 Å². The summed E-state index contributed by atoms with van der Waals surface area (Å²) >= 11 is 0. The number of carboxylic acid groups (broad SMARTS) is 1. The van der Waals surface area contributed by atoms with Crippen molar-refractivity contribution in [3.8, 4) is 0 Å². The van der Waals surface area contributed by atoms with Crippen LogP contribution in [-0.4, -0.2) is 21.0 Å². The highest BCUT2D eigenvalue weighted by atomic mass is 16.4. The van der Waals surface area contributed by atoms with Crippen LogP contribution in [0.1, 0.15) is 37.7 Å². The molecule has 0 unspecified atom stereocenters. The van der Waals surface area contributed by atoms with Crippen molar-refractivity contribution in [3.05, 3.63) is 23.8 Å². The predicted octanol–water partition coefficient (Wildman–Crippen LogP) is 1.84. The molecule has 0 aliphatic rings. The molecule has 0 aliphatic heterocycles. The summed E-state index contributed by atoms with van der Waals surface area (Å²) in [7, 11) is 0. The summed E-state index contributed by atoms with van der Waals surface area (Å²) in [5.74, 6) is -0.0121. The van der Waals surface area contributed by atoms with Crippen LogP contribution in [0.3, 0.4) is 0 Å². The lowest BCUT2D eigenvalue weighted by atomic mass is 10.2. The molecule has 0 atom stereocenters. The van der Waals surface area contributed by atoms with Gasteiger partial charge in [-0.2, -0.15) is 0 Å². The molecule has 0 amide bonds. The van der Waals surface area contributed by atoms with Gasteiger partial charge in [-0.15, -0.1) is 0 Å². The van der Waals surface area contributed by atoms with Crippen LogP contribution in [0.4, 0.5) is 0 Å². The van der Waals surface area contributed by atoms with E-state index < -0.39 is 5.97 Å². The highest BCUT2D eigenvalue weighted by molar-refractivity contribution is 5.66. The molecule has 0 aromatic carbocycles. The van der Waals surface area contributed by atoms with Gasteiger partial charge in [0.05, 0.1) is 0 Å². The average molecular weight is 208 g/mol. The zero-order valence-electron chi connectivity index (χ0n) is 8.94. The highest BCUT2D eigenvalue weighted by Crippen LogP contribution is 2.03. The lowest BCUT2D eigenvalue weighted by molar-refractivity contribution is -0.137. The summed E-state index contributed by atoms with van der Waals surface area (Å²) in [5, 5.41) is 8.49. The van der Waals surface area contributed by atoms with Crippen molar-refractivity contribution in [3.63, 3.8) is 0 Å². The van der Waals surface area contributed by atoms with Gasteiger partial charge in [0, 0.05) is 24.7 Å². The summed E-state index contributed by atoms with van der Waals surface area (Å²) in [6.07, 6.45) is 5.18. The normalized spacial score (nSPS) is 10.2. The average Bonchev–Trinajstić information content (AvgIpc) is 2.18. The molecule has 4 nitrogen and oxygen atoms in total. The van der Waals surface area contributed by atoms with E-state index in [2.05, 4.69) is 16.9 Å². The third kappa shape index (κ3) is 4.54. The Morgan fingerprint density at radius 2 is 2.27 bits per heavy atom. The molecule has 0 bridgehead atoms. The molecule has 1 N–H and O–H groups in total. The molecule has 0 aliphatic carbocycles. The molecule has 15 heavy (non-hydrogen) atoms. The lowest BCUT2D eigenvalue weighted by Crippen LogP contribution is -2.01. The van der Waals surface area contributed by atoms with Gasteiger partial charge in [-0.05, 0) is 18.9 Å². The third-order valence-electron chi connectivity index (χ3n) is 2.06. The van der Waals surface area contributed by atoms with E-state index in [1.807, 2.05) is 6.07 Å². The number of hydrogen-bond acceptors (Lipinski definition) is 3. The smallest absolute Gasteiger partial charge is 0.303 e. The molecule has 0 fully saturated rings. The van der Waals surface area contributed by atoms with Crippen LogP contribution in [0.15, 0.2) is 12.3 Å². The van der Waals surface area contributed by atoms with Gasteiger partial charge in [0.15, 0.2) is 0 Å². The van der Waals surface area contributed by atoms with Crippen LogP contribution in [0.25, 0.3) is 0 Å². The largest absolute Gasteiger partial charge is 0.481 e. The van der Waals surface area contributed by atoms with E-state index in [1.165, 1.54) is 0 Å². The van der Waals surface area contributed by atoms with E-state index >= 15 is 0 Å². The summed E-state index contributed by atoms with van der Waals surface area (Å²) in [6.45, 7) is 2.10. The second kappa shape index (κ2) is 6.11. The summed E-state index contributed by atoms with van der Waals surface area (Å²) < 4.78 is 0. The first-order valence-corrected chi connectivity index (χ1v) is 5.25. The summed E-state index contributed by atoms with van der Waals surface area (Å²) in [4.78, 5) is 18.8. The Labute approximate surface area is 89.4 Å². The minimum Gasteiger partial charge on any atom is -0.481 e. The Bertz CT molecular complexity index is 326. The fraction of sp³-hybridized carbons (Fsp3) is 0.545. The molecule has 0 saturated heterocycles. The fourth-order valence-corrected chi connectivity index (χ4v) is 1.35. The Morgan fingerprint density at radius 3 is 2.93 bits per heavy atom. The SMILES string of the molecule is CCCc1ccnc(CCCC(=O)O)n1. The molecule has 1 rings (SSSR count). The van der Waals surface area contributed by atoms with E-state index in [0.717, 1.165) is 24.4 Å². The number of nitrogens with zero attached hydrogens (tertiary/aromatic N) is 2. The van der Waals surface area contributed by atoms with Crippen LogP contribution in [0.2, 0.25) is 0 Å². The van der Waals surface area contributed by atoms with Gasteiger partial charge < -0.3 is 5.11 Å². The fourth-order valence-electron chi connectivity index (χ4n) is 1.35. The summed E-state index contributed by atoms with van der Waals surface area (Å²) in [6, 6.07) is 1.91. The number of aromatic nitrogens is 2. The molecule has 1 aromatic heterocycles. The maximum absolute atomic E-state index is 10.3. The van der Waals surface area contributed by atoms with E-state index in [1.54, 1.807) is 6.20 Å². The van der Waals surface area contributed by atoms with Gasteiger partial charge in [0.1, 0.15) is 5.82 Å². The highest BCUT2D eigenvalue weighted by Gasteiger charge is 2.01. The predicted molar refractivity (Wildman–Crippen MR) is 56.6 cm³/mol. The van der Waals surface area contributed by atoms with Crippen molar-refractivity contribution in [1.29, 1.82) is 0 Å². The molecular formula is C11H16N2O2. The van der Waals surface area contributed by atoms with Gasteiger partial charge >= 0.3 is 5.97 Å². The number of carbonyl (C=O) groups is 1. The van der Waals surface area contributed by atoms with Crippen LogP contribution in [0.5, 0.6) is 0 Å². The Balaban J connectivity index is 2.46. The lowest BCUT2D eigenvalue weighted by Gasteiger charge is -2.01. The first kappa shape index (κ1) is 11.6. The maximum Gasteiger partial charge on any atom is 0.303 e. The first-order chi connectivity index (χ1) is 7.22. The molecule has 0 saturated carbocycles. The Kier molecular flexibility index (Phi) is 4.74. The van der Waals surface area contributed by atoms with Crippen LogP contribution >= 0.6 is 0 Å². The summed E-state index contributed by atoms with van der Waals surface area (Å²) in [5.41, 5.74) is 1.04. The van der Waals surface area contributed by atoms with Crippen molar-refractivity contribution in [2.24, 2.45) is 0 Å². The van der Waals surface area contributed by atoms with E-state index in [0.29, 0.717) is 12.8 Å². The standard InChI is InChI=1S/C11H16N2O2/c1-2-4-9-7-8-12-10(13-9)5-3-6-11(14)15/h7-8H,2-6H2,1H3,(H,14,15). The Morgan fingerprint density at radius 1 is 1.47 bits per heavy atom. The molecule has 1 heterocycles. The monoisotopic (exact) mass is 208 g/mol. The second-order valence-corrected chi connectivity index (χ2v) is 3.46. The van der Waals surface area contributed by atoms with Gasteiger partial charge in [0.2, 0.25) is 0 Å². The van der Waals surface area contributed by atoms with Gasteiger partial charge in [-0.25, -0.2) is 9.97 Å². The zero-order chi connectivity index (χ0) is 11.1. The maximum atomic E-state index is 10.3. The number of hydrogen-bond donors (Lipinski definition) is 1. The molecule has 0 radical (unpaired) electrons. The Hall–Kier alpha value is -1.45. The van der Waals surface area contributed by atoms with Gasteiger partial charge in [-0.3, -0.25) is 4.79 Å². The number of rotatable bonds is 6. The molecule has 0 spiro atoms. The van der Waals surface area contributed by atoms with Crippen LogP contribution in [0, 0.1) is 0 Å². The van der Waals surface area contributed by atoms with Crippen LogP contribution in [-0.2, 0) is 17.6 Å². The van der Waals surface area contributed by atoms with E-state index in [9.17, 15) is 4.79 Å². The number of carboxylic acids is 1. The first-order valence-electron chi connectivity index (χ1n) is 5.25. The number of aryl methyl sites for hydroxylation is 2. The minimum absolute atomic E-state index is 0.182. The van der Waals surface area contributed by atoms with Crippen molar-refractivity contribution in [2.45, 2.75) is 39.0 Å². The minimum atomic E-state index is -0.764. The quantitative estimate of drug-likeness (QED) is 0.774. The van der Waals surface area contributed by atoms with Crippen molar-refractivity contribution >= 4 is 5.97 Å². The van der Waals surface area contributed by atoms with E-state index in [-0.39, 0.29) is 6.42 Å². The third-order valence-corrected chi connectivity index (χ3v) is 2.06. The molecule has 4 heteroatoms. The van der Waals surface area contributed by atoms with Crippen molar-refractivity contribution in [2.75, 3.05) is 0 Å².